The predicted molar refractivity (Wildman–Crippen MR) is 131 cm³/mol. The van der Waals surface area contributed by atoms with Crippen molar-refractivity contribution >= 4 is 14.3 Å². The van der Waals surface area contributed by atoms with Crippen LogP contribution in [0.5, 0.6) is 0 Å². The lowest BCUT2D eigenvalue weighted by Crippen LogP contribution is -2.44. The first-order valence-corrected chi connectivity index (χ1v) is 14.8. The van der Waals surface area contributed by atoms with Crippen LogP contribution in [0.2, 0.25) is 18.1 Å². The Morgan fingerprint density at radius 1 is 1.00 bits per heavy atom. The third-order valence-corrected chi connectivity index (χ3v) is 12.1. The molecule has 0 unspecified atom stereocenters. The average molecular weight is 452 g/mol. The van der Waals surface area contributed by atoms with Crippen LogP contribution < -0.4 is 0 Å². The van der Waals surface area contributed by atoms with Gasteiger partial charge in [-0.05, 0) is 35.7 Å². The van der Waals surface area contributed by atoms with Crippen LogP contribution in [-0.4, -0.2) is 44.0 Å². The summed E-state index contributed by atoms with van der Waals surface area (Å²) in [4.78, 5) is 15.3. The molecule has 0 aromatic heterocycles. The normalized spacial score (nSPS) is 27.0. The Kier molecular flexibility index (Phi) is 6.62. The minimum Gasteiger partial charge on any atom is -0.460 e. The Hall–Kier alpha value is -1.95. The Morgan fingerprint density at radius 3 is 2.25 bits per heavy atom. The second-order valence-corrected chi connectivity index (χ2v) is 15.6. The van der Waals surface area contributed by atoms with Crippen molar-refractivity contribution in [1.29, 1.82) is 0 Å². The number of carbonyl (C=O) groups excluding carboxylic acids is 1. The van der Waals surface area contributed by atoms with Gasteiger partial charge in [-0.2, -0.15) is 0 Å². The number of rotatable bonds is 6. The van der Waals surface area contributed by atoms with Gasteiger partial charge in [0.25, 0.3) is 0 Å². The quantitative estimate of drug-likeness (QED) is 0.414. The smallest absolute Gasteiger partial charge is 0.313 e. The molecule has 0 aliphatic carbocycles. The van der Waals surface area contributed by atoms with Crippen molar-refractivity contribution in [2.75, 3.05) is 6.54 Å². The van der Waals surface area contributed by atoms with E-state index in [-0.39, 0.29) is 35.2 Å². The fourth-order valence-electron chi connectivity index (χ4n) is 4.76. The standard InChI is InChI=1S/C27H37NO3Si/c1-27(2,3)32(4,5)31-22-16-24(28(19-22)18-20-12-8-6-9-13-20)25-17-23(26(29)30-25)21-14-10-7-11-15-21/h6-15,22-25H,16-19H2,1-5H3/t22-,23+,24+,25-/m1/s1. The fraction of sp³-hybridized carbons (Fsp3) is 0.519. The predicted octanol–water partition coefficient (Wildman–Crippen LogP) is 5.75. The topological polar surface area (TPSA) is 38.8 Å². The monoisotopic (exact) mass is 451 g/mol. The van der Waals surface area contributed by atoms with E-state index in [2.05, 4.69) is 69.1 Å². The SMILES string of the molecule is CC(C)(C)[Si](C)(C)O[C@@H]1C[C@@H]([C@H]2C[C@@H](c3ccccc3)C(=O)O2)N(Cc2ccccc2)C1. The summed E-state index contributed by atoms with van der Waals surface area (Å²) in [5.74, 6) is -0.255. The van der Waals surface area contributed by atoms with Gasteiger partial charge in [0, 0.05) is 25.6 Å². The van der Waals surface area contributed by atoms with Crippen molar-refractivity contribution in [2.45, 2.75) is 82.5 Å². The van der Waals surface area contributed by atoms with Gasteiger partial charge < -0.3 is 9.16 Å². The molecule has 4 nitrogen and oxygen atoms in total. The van der Waals surface area contributed by atoms with Gasteiger partial charge in [0.1, 0.15) is 6.10 Å². The van der Waals surface area contributed by atoms with Crippen molar-refractivity contribution in [3.8, 4) is 0 Å². The zero-order valence-electron chi connectivity index (χ0n) is 20.1. The average Bonchev–Trinajstić information content (AvgIpc) is 3.31. The van der Waals surface area contributed by atoms with Gasteiger partial charge in [0.05, 0.1) is 12.0 Å². The summed E-state index contributed by atoms with van der Waals surface area (Å²) in [5.41, 5.74) is 2.34. The molecule has 0 amide bonds. The van der Waals surface area contributed by atoms with Crippen LogP contribution >= 0.6 is 0 Å². The molecule has 2 fully saturated rings. The lowest BCUT2D eigenvalue weighted by molar-refractivity contribution is -0.144. The lowest BCUT2D eigenvalue weighted by Gasteiger charge is -2.38. The number of hydrogen-bond donors (Lipinski definition) is 0. The first-order chi connectivity index (χ1) is 15.1. The second-order valence-electron chi connectivity index (χ2n) is 10.9. The lowest BCUT2D eigenvalue weighted by atomic mass is 9.93. The summed E-state index contributed by atoms with van der Waals surface area (Å²) in [6, 6.07) is 20.8. The highest BCUT2D eigenvalue weighted by atomic mass is 28.4. The molecule has 172 valence electrons. The van der Waals surface area contributed by atoms with Gasteiger partial charge in [-0.3, -0.25) is 9.69 Å². The van der Waals surface area contributed by atoms with Crippen LogP contribution in [0.15, 0.2) is 60.7 Å². The third kappa shape index (κ3) is 5.00. The molecule has 2 aromatic carbocycles. The maximum absolute atomic E-state index is 12.8. The molecule has 2 aliphatic rings. The minimum absolute atomic E-state index is 0.0883. The molecule has 32 heavy (non-hydrogen) atoms. The minimum atomic E-state index is -1.87. The van der Waals surface area contributed by atoms with E-state index in [4.69, 9.17) is 9.16 Å². The number of likely N-dealkylation sites (tertiary alicyclic amines) is 1. The number of nitrogens with zero attached hydrogens (tertiary/aromatic N) is 1. The Morgan fingerprint density at radius 2 is 1.62 bits per heavy atom. The van der Waals surface area contributed by atoms with Gasteiger partial charge in [-0.25, -0.2) is 0 Å². The van der Waals surface area contributed by atoms with Gasteiger partial charge in [-0.1, -0.05) is 81.4 Å². The maximum atomic E-state index is 12.8. The summed E-state index contributed by atoms with van der Waals surface area (Å²) in [7, 11) is -1.87. The summed E-state index contributed by atoms with van der Waals surface area (Å²) in [5, 5.41) is 0.174. The van der Waals surface area contributed by atoms with Crippen LogP contribution in [0.4, 0.5) is 0 Å². The molecule has 4 atom stereocenters. The number of hydrogen-bond acceptors (Lipinski definition) is 4. The third-order valence-electron chi connectivity index (χ3n) is 7.56. The van der Waals surface area contributed by atoms with Crippen molar-refractivity contribution in [3.05, 3.63) is 71.8 Å². The van der Waals surface area contributed by atoms with Crippen molar-refractivity contribution < 1.29 is 14.0 Å². The van der Waals surface area contributed by atoms with Crippen LogP contribution in [0.3, 0.4) is 0 Å². The fourth-order valence-corrected chi connectivity index (χ4v) is 6.11. The number of ether oxygens (including phenoxy) is 1. The van der Waals surface area contributed by atoms with Crippen LogP contribution in [0.1, 0.15) is 50.7 Å². The van der Waals surface area contributed by atoms with Crippen molar-refractivity contribution in [1.82, 2.24) is 4.90 Å². The second kappa shape index (κ2) is 9.12. The van der Waals surface area contributed by atoms with E-state index in [1.807, 2.05) is 30.3 Å². The van der Waals surface area contributed by atoms with Crippen LogP contribution in [0.25, 0.3) is 0 Å². The van der Waals surface area contributed by atoms with Crippen molar-refractivity contribution in [2.24, 2.45) is 0 Å². The first-order valence-electron chi connectivity index (χ1n) is 11.9. The molecule has 2 heterocycles. The summed E-state index contributed by atoms with van der Waals surface area (Å²) < 4.78 is 12.8. The van der Waals surface area contributed by atoms with Crippen molar-refractivity contribution in [3.63, 3.8) is 0 Å². The summed E-state index contributed by atoms with van der Waals surface area (Å²) >= 11 is 0. The molecular formula is C27H37NO3Si. The number of benzene rings is 2. The van der Waals surface area contributed by atoms with Gasteiger partial charge >= 0.3 is 5.97 Å². The highest BCUT2D eigenvalue weighted by Crippen LogP contribution is 2.41. The Balaban J connectivity index is 1.53. The molecule has 2 saturated heterocycles. The highest BCUT2D eigenvalue weighted by molar-refractivity contribution is 6.74. The molecule has 0 N–H and O–H groups in total. The van der Waals surface area contributed by atoms with E-state index in [0.717, 1.165) is 31.5 Å². The van der Waals surface area contributed by atoms with E-state index < -0.39 is 8.32 Å². The van der Waals surface area contributed by atoms with Crippen LogP contribution in [0, 0.1) is 0 Å². The molecule has 0 radical (unpaired) electrons. The molecule has 2 aromatic rings. The van der Waals surface area contributed by atoms with E-state index in [9.17, 15) is 4.79 Å². The zero-order valence-corrected chi connectivity index (χ0v) is 21.1. The number of cyclic esters (lactones) is 1. The Bertz CT molecular complexity index is 910. The maximum Gasteiger partial charge on any atom is 0.313 e. The summed E-state index contributed by atoms with van der Waals surface area (Å²) in [6.07, 6.45) is 1.74. The largest absolute Gasteiger partial charge is 0.460 e. The van der Waals surface area contributed by atoms with E-state index in [0.29, 0.717) is 0 Å². The molecule has 0 bridgehead atoms. The van der Waals surface area contributed by atoms with E-state index in [1.165, 1.54) is 5.56 Å². The number of carbonyl (C=O) groups is 1. The van der Waals surface area contributed by atoms with Crippen LogP contribution in [-0.2, 0) is 20.5 Å². The molecular weight excluding hydrogens is 414 g/mol. The van der Waals surface area contributed by atoms with E-state index in [1.54, 1.807) is 0 Å². The Labute approximate surface area is 194 Å². The molecule has 4 rings (SSSR count). The number of esters is 1. The van der Waals surface area contributed by atoms with E-state index >= 15 is 0 Å². The zero-order chi connectivity index (χ0) is 22.9. The van der Waals surface area contributed by atoms with Gasteiger partial charge in [0.2, 0.25) is 0 Å². The molecule has 5 heteroatoms. The van der Waals surface area contributed by atoms with Gasteiger partial charge in [0.15, 0.2) is 8.32 Å². The molecule has 0 saturated carbocycles. The summed E-state index contributed by atoms with van der Waals surface area (Å²) in [6.45, 7) is 13.2. The first kappa shape index (κ1) is 23.2. The highest BCUT2D eigenvalue weighted by Gasteiger charge is 2.48. The van der Waals surface area contributed by atoms with Gasteiger partial charge in [-0.15, -0.1) is 0 Å². The molecule has 2 aliphatic heterocycles. The molecule has 0 spiro atoms.